The summed E-state index contributed by atoms with van der Waals surface area (Å²) in [5.41, 5.74) is 4.19. The lowest BCUT2D eigenvalue weighted by Gasteiger charge is -2.38. The Morgan fingerprint density at radius 3 is 2.62 bits per heavy atom. The number of esters is 1. The highest BCUT2D eigenvalue weighted by molar-refractivity contribution is 6.05. The van der Waals surface area contributed by atoms with Crippen LogP contribution in [0.1, 0.15) is 49.6 Å². The molecule has 3 aromatic rings. The number of carbonyl (C=O) groups is 2. The van der Waals surface area contributed by atoms with Crippen LogP contribution in [0.4, 0.5) is 5.69 Å². The average Bonchev–Trinajstić information content (AvgIpc) is 3.51. The van der Waals surface area contributed by atoms with Gasteiger partial charge in [-0.25, -0.2) is 4.79 Å². The molecule has 0 saturated heterocycles. The molecule has 190 valence electrons. The number of amides is 1. The van der Waals surface area contributed by atoms with Crippen molar-refractivity contribution in [3.8, 4) is 23.0 Å². The lowest BCUT2D eigenvalue weighted by atomic mass is 9.85. The summed E-state index contributed by atoms with van der Waals surface area (Å²) in [6.07, 6.45) is 0.256. The Morgan fingerprint density at radius 2 is 1.86 bits per heavy atom. The van der Waals surface area contributed by atoms with Gasteiger partial charge in [-0.2, -0.15) is 0 Å². The Kier molecular flexibility index (Phi) is 5.64. The number of nitrogens with one attached hydrogen (secondary N) is 1. The van der Waals surface area contributed by atoms with E-state index < -0.39 is 12.1 Å². The third-order valence-electron chi connectivity index (χ3n) is 7.16. The van der Waals surface area contributed by atoms with Crippen LogP contribution >= 0.6 is 0 Å². The van der Waals surface area contributed by atoms with Crippen molar-refractivity contribution in [2.75, 3.05) is 39.9 Å². The molecule has 2 unspecified atom stereocenters. The second kappa shape index (κ2) is 9.01. The number of hydrogen-bond donors (Lipinski definition) is 1. The molecule has 9 nitrogen and oxygen atoms in total. The number of anilines is 1. The van der Waals surface area contributed by atoms with Crippen molar-refractivity contribution in [1.82, 2.24) is 4.90 Å². The van der Waals surface area contributed by atoms with Crippen molar-refractivity contribution in [1.29, 1.82) is 0 Å². The van der Waals surface area contributed by atoms with Crippen molar-refractivity contribution < 1.29 is 33.3 Å². The van der Waals surface area contributed by atoms with E-state index in [0.29, 0.717) is 39.8 Å². The predicted octanol–water partition coefficient (Wildman–Crippen LogP) is 4.13. The lowest BCUT2D eigenvalue weighted by Crippen LogP contribution is -2.36. The molecule has 3 heterocycles. The Hall–Kier alpha value is -4.24. The standard InChI is InChI=1S/C28H26N2O7/c1-30-11-10-16-12-21-25(36-14-35-21)26(34-3)22(16)23(30)24-19-9-6-17(13-20(19)28(32)37-24)29-27(31)15-4-7-18(33-2)8-5-15/h4-9,12-13,23-24H,10-11,14H2,1-3H3,(H,29,31). The van der Waals surface area contributed by atoms with Gasteiger partial charge in [-0.1, -0.05) is 6.07 Å². The van der Waals surface area contributed by atoms with Gasteiger partial charge in [-0.15, -0.1) is 0 Å². The van der Waals surface area contributed by atoms with E-state index in [1.165, 1.54) is 0 Å². The fourth-order valence-electron chi connectivity index (χ4n) is 5.33. The molecular weight excluding hydrogens is 476 g/mol. The van der Waals surface area contributed by atoms with Gasteiger partial charge in [-0.05, 0) is 61.5 Å². The van der Waals surface area contributed by atoms with Crippen molar-refractivity contribution in [2.45, 2.75) is 18.6 Å². The van der Waals surface area contributed by atoms with Gasteiger partial charge in [0.2, 0.25) is 12.5 Å². The van der Waals surface area contributed by atoms with Gasteiger partial charge in [0, 0.05) is 28.9 Å². The average molecular weight is 503 g/mol. The summed E-state index contributed by atoms with van der Waals surface area (Å²) in [6.45, 7) is 0.918. The van der Waals surface area contributed by atoms with Gasteiger partial charge in [-0.3, -0.25) is 9.69 Å². The highest BCUT2D eigenvalue weighted by atomic mass is 16.7. The number of nitrogens with zero attached hydrogens (tertiary/aromatic N) is 1. The number of rotatable bonds is 5. The number of ether oxygens (including phenoxy) is 5. The first-order valence-corrected chi connectivity index (χ1v) is 12.0. The van der Waals surface area contributed by atoms with E-state index in [4.69, 9.17) is 23.7 Å². The summed E-state index contributed by atoms with van der Waals surface area (Å²) < 4.78 is 28.2. The first kappa shape index (κ1) is 23.2. The van der Waals surface area contributed by atoms with Crippen molar-refractivity contribution in [2.24, 2.45) is 0 Å². The molecule has 0 aliphatic carbocycles. The monoisotopic (exact) mass is 502 g/mol. The van der Waals surface area contributed by atoms with Crippen LogP contribution in [0.25, 0.3) is 0 Å². The molecule has 0 spiro atoms. The van der Waals surface area contributed by atoms with Gasteiger partial charge in [0.05, 0.1) is 25.8 Å². The maximum Gasteiger partial charge on any atom is 0.339 e. The third kappa shape index (κ3) is 3.82. The summed E-state index contributed by atoms with van der Waals surface area (Å²) in [5, 5.41) is 2.86. The van der Waals surface area contributed by atoms with Crippen molar-refractivity contribution in [3.63, 3.8) is 0 Å². The largest absolute Gasteiger partial charge is 0.497 e. The molecule has 0 bridgehead atoms. The number of hydrogen-bond acceptors (Lipinski definition) is 8. The number of likely N-dealkylation sites (N-methyl/N-ethyl adjacent to an activating group) is 1. The van der Waals surface area contributed by atoms with E-state index in [-0.39, 0.29) is 18.7 Å². The van der Waals surface area contributed by atoms with Gasteiger partial charge in [0.25, 0.3) is 5.91 Å². The molecule has 37 heavy (non-hydrogen) atoms. The minimum atomic E-state index is -0.549. The molecule has 0 saturated carbocycles. The summed E-state index contributed by atoms with van der Waals surface area (Å²) in [7, 11) is 5.18. The third-order valence-corrected chi connectivity index (χ3v) is 7.16. The number of benzene rings is 3. The molecule has 3 aliphatic rings. The zero-order valence-electron chi connectivity index (χ0n) is 20.7. The molecular formula is C28H26N2O7. The first-order valence-electron chi connectivity index (χ1n) is 12.0. The van der Waals surface area contributed by atoms with Crippen molar-refractivity contribution >= 4 is 17.6 Å². The fourth-order valence-corrected chi connectivity index (χ4v) is 5.33. The molecule has 0 fully saturated rings. The van der Waals surface area contributed by atoms with Crippen LogP contribution in [0.3, 0.4) is 0 Å². The molecule has 0 radical (unpaired) electrons. The minimum Gasteiger partial charge on any atom is -0.497 e. The second-order valence-corrected chi connectivity index (χ2v) is 9.20. The van der Waals surface area contributed by atoms with Crippen LogP contribution < -0.4 is 24.3 Å². The molecule has 3 aliphatic heterocycles. The van der Waals surface area contributed by atoms with E-state index in [1.807, 2.05) is 19.2 Å². The lowest BCUT2D eigenvalue weighted by molar-refractivity contribution is 0.00881. The second-order valence-electron chi connectivity index (χ2n) is 9.20. The molecule has 1 N–H and O–H groups in total. The molecule has 2 atom stereocenters. The molecule has 1 amide bonds. The normalized spacial score (nSPS) is 19.6. The van der Waals surface area contributed by atoms with Crippen LogP contribution in [0.5, 0.6) is 23.0 Å². The van der Waals surface area contributed by atoms with E-state index in [1.54, 1.807) is 50.6 Å². The van der Waals surface area contributed by atoms with Gasteiger partial charge < -0.3 is 29.0 Å². The molecule has 3 aromatic carbocycles. The van der Waals surface area contributed by atoms with E-state index in [9.17, 15) is 9.59 Å². The van der Waals surface area contributed by atoms with E-state index in [0.717, 1.165) is 29.7 Å². The van der Waals surface area contributed by atoms with Crippen molar-refractivity contribution in [3.05, 3.63) is 76.3 Å². The number of fused-ring (bicyclic) bond motifs is 3. The quantitative estimate of drug-likeness (QED) is 0.521. The molecule has 9 heteroatoms. The molecule has 6 rings (SSSR count). The van der Waals surface area contributed by atoms with Gasteiger partial charge in [0.15, 0.2) is 11.5 Å². The highest BCUT2D eigenvalue weighted by Crippen LogP contribution is 2.54. The topological polar surface area (TPSA) is 95.6 Å². The highest BCUT2D eigenvalue weighted by Gasteiger charge is 2.44. The van der Waals surface area contributed by atoms with Gasteiger partial charge in [0.1, 0.15) is 11.9 Å². The number of cyclic esters (lactones) is 1. The summed E-state index contributed by atoms with van der Waals surface area (Å²) in [5.74, 6) is 1.79. The Bertz CT molecular complexity index is 1400. The van der Waals surface area contributed by atoms with Crippen LogP contribution in [0, 0.1) is 0 Å². The maximum absolute atomic E-state index is 13.0. The first-order chi connectivity index (χ1) is 18.0. The zero-order valence-corrected chi connectivity index (χ0v) is 20.7. The summed E-state index contributed by atoms with van der Waals surface area (Å²) in [4.78, 5) is 27.9. The molecule has 0 aromatic heterocycles. The Balaban J connectivity index is 1.33. The van der Waals surface area contributed by atoms with Crippen LogP contribution in [-0.4, -0.2) is 51.4 Å². The minimum absolute atomic E-state index is 0.140. The Morgan fingerprint density at radius 1 is 1.05 bits per heavy atom. The Labute approximate surface area is 213 Å². The van der Waals surface area contributed by atoms with E-state index >= 15 is 0 Å². The summed E-state index contributed by atoms with van der Waals surface area (Å²) in [6, 6.07) is 13.8. The maximum atomic E-state index is 13.0. The smallest absolute Gasteiger partial charge is 0.339 e. The van der Waals surface area contributed by atoms with Gasteiger partial charge >= 0.3 is 5.97 Å². The fraction of sp³-hybridized carbons (Fsp3) is 0.286. The number of methoxy groups -OCH3 is 2. The zero-order chi connectivity index (χ0) is 25.7. The van der Waals surface area contributed by atoms with Crippen LogP contribution in [0.15, 0.2) is 48.5 Å². The predicted molar refractivity (Wildman–Crippen MR) is 134 cm³/mol. The summed E-state index contributed by atoms with van der Waals surface area (Å²) >= 11 is 0. The SMILES string of the molecule is COc1ccc(C(=O)Nc2ccc3c(c2)C(=O)OC3C2c3c(cc4c(c3OC)OCO4)CCN2C)cc1. The van der Waals surface area contributed by atoms with Crippen LogP contribution in [0.2, 0.25) is 0 Å². The van der Waals surface area contributed by atoms with E-state index in [2.05, 4.69) is 10.2 Å². The van der Waals surface area contributed by atoms with Crippen LogP contribution in [-0.2, 0) is 11.2 Å². The number of carbonyl (C=O) groups excluding carboxylic acids is 2.